The zero-order valence-corrected chi connectivity index (χ0v) is 10.7. The Morgan fingerprint density at radius 1 is 1.26 bits per heavy atom. The summed E-state index contributed by atoms with van der Waals surface area (Å²) in [4.78, 5) is 19.7. The third-order valence-corrected chi connectivity index (χ3v) is 1.72. The van der Waals surface area contributed by atoms with Gasteiger partial charge in [0.2, 0.25) is 0 Å². The van der Waals surface area contributed by atoms with Crippen LogP contribution in [0.2, 0.25) is 0 Å². The molecule has 0 spiro atoms. The summed E-state index contributed by atoms with van der Waals surface area (Å²) in [7, 11) is 0. The number of hydrogen-bond donors (Lipinski definition) is 2. The molecule has 0 saturated carbocycles. The molecule has 0 saturated heterocycles. The normalized spacial score (nSPS) is 9.95. The molecule has 0 aliphatic carbocycles. The molecule has 102 valence electrons. The van der Waals surface area contributed by atoms with Gasteiger partial charge in [-0.1, -0.05) is 48.6 Å². The van der Waals surface area contributed by atoms with Crippen molar-refractivity contribution < 1.29 is 19.4 Å². The lowest BCUT2D eigenvalue weighted by molar-refractivity contribution is -0.131. The van der Waals surface area contributed by atoms with Crippen LogP contribution < -0.4 is 5.73 Å². The molecule has 1 amide bonds. The van der Waals surface area contributed by atoms with Crippen LogP contribution >= 0.6 is 0 Å². The van der Waals surface area contributed by atoms with Crippen molar-refractivity contribution in [2.45, 2.75) is 6.92 Å². The van der Waals surface area contributed by atoms with Crippen LogP contribution in [0.3, 0.4) is 0 Å². The number of carboxylic acids is 1. The van der Waals surface area contributed by atoms with Crippen molar-refractivity contribution in [1.29, 1.82) is 0 Å². The number of amides is 1. The molecule has 1 aromatic rings. The minimum Gasteiger partial charge on any atom is -0.478 e. The van der Waals surface area contributed by atoms with E-state index in [1.165, 1.54) is 6.08 Å². The molecule has 5 heteroatoms. The van der Waals surface area contributed by atoms with E-state index in [4.69, 9.17) is 5.11 Å². The minimum absolute atomic E-state index is 0.356. The molecule has 0 radical (unpaired) electrons. The number of ether oxygens (including phenoxy) is 1. The van der Waals surface area contributed by atoms with Crippen molar-refractivity contribution in [3.05, 3.63) is 54.1 Å². The third kappa shape index (κ3) is 11.7. The fourth-order valence-corrected chi connectivity index (χ4v) is 1.01. The second-order valence-electron chi connectivity index (χ2n) is 3.22. The van der Waals surface area contributed by atoms with Crippen molar-refractivity contribution in [3.8, 4) is 0 Å². The van der Waals surface area contributed by atoms with Gasteiger partial charge in [0.05, 0.1) is 6.61 Å². The second-order valence-corrected chi connectivity index (χ2v) is 3.22. The zero-order valence-electron chi connectivity index (χ0n) is 10.7. The summed E-state index contributed by atoms with van der Waals surface area (Å²) >= 11 is 0. The van der Waals surface area contributed by atoms with E-state index in [0.717, 1.165) is 11.6 Å². The van der Waals surface area contributed by atoms with Crippen LogP contribution in [0.1, 0.15) is 12.5 Å². The molecule has 0 atom stereocenters. The monoisotopic (exact) mass is 263 g/mol. The Balaban J connectivity index is 0.000000459. The van der Waals surface area contributed by atoms with Gasteiger partial charge in [0, 0.05) is 6.08 Å². The highest BCUT2D eigenvalue weighted by Crippen LogP contribution is 2.00. The molecule has 0 unspecified atom stereocenters. The largest absolute Gasteiger partial charge is 0.478 e. The molecule has 0 bridgehead atoms. The molecule has 0 aromatic heterocycles. The van der Waals surface area contributed by atoms with E-state index in [2.05, 4.69) is 10.5 Å². The second kappa shape index (κ2) is 10.6. The van der Waals surface area contributed by atoms with E-state index in [1.807, 2.05) is 36.4 Å². The number of aliphatic carboxylic acids is 1. The maximum Gasteiger partial charge on any atom is 0.404 e. The molecular formula is C14H17NO4. The van der Waals surface area contributed by atoms with Crippen molar-refractivity contribution in [1.82, 2.24) is 0 Å². The first-order valence-corrected chi connectivity index (χ1v) is 5.61. The molecule has 3 N–H and O–H groups in total. The van der Waals surface area contributed by atoms with Crippen LogP contribution in [0.5, 0.6) is 0 Å². The number of carboxylic acid groups (broad SMARTS) is 1. The summed E-state index contributed by atoms with van der Waals surface area (Å²) in [6.07, 6.45) is 5.43. The number of primary amides is 1. The van der Waals surface area contributed by atoms with Crippen LogP contribution in [0.25, 0.3) is 6.08 Å². The maximum atomic E-state index is 10.1. The molecule has 0 heterocycles. The summed E-state index contributed by atoms with van der Waals surface area (Å²) in [5.41, 5.74) is 5.60. The van der Waals surface area contributed by atoms with Gasteiger partial charge in [-0.25, -0.2) is 9.59 Å². The lowest BCUT2D eigenvalue weighted by Gasteiger charge is -1.89. The van der Waals surface area contributed by atoms with Gasteiger partial charge in [0.25, 0.3) is 0 Å². The highest BCUT2D eigenvalue weighted by Gasteiger charge is 1.83. The molecule has 0 aliphatic rings. The van der Waals surface area contributed by atoms with Gasteiger partial charge in [-0.15, -0.1) is 0 Å². The first-order valence-electron chi connectivity index (χ1n) is 5.61. The quantitative estimate of drug-likeness (QED) is 0.645. The van der Waals surface area contributed by atoms with E-state index in [0.29, 0.717) is 6.61 Å². The van der Waals surface area contributed by atoms with Crippen LogP contribution in [-0.4, -0.2) is 23.8 Å². The lowest BCUT2D eigenvalue weighted by Crippen LogP contribution is -2.11. The van der Waals surface area contributed by atoms with Gasteiger partial charge in [0.15, 0.2) is 0 Å². The molecule has 0 fully saturated rings. The molecule has 0 aliphatic heterocycles. The van der Waals surface area contributed by atoms with E-state index >= 15 is 0 Å². The number of nitrogens with two attached hydrogens (primary N) is 1. The number of allylic oxidation sites excluding steroid dienone is 2. The fraction of sp³-hybridized carbons (Fsp3) is 0.143. The van der Waals surface area contributed by atoms with Crippen LogP contribution in [0.15, 0.2) is 48.6 Å². The minimum atomic E-state index is -0.933. The zero-order chi connectivity index (χ0) is 14.5. The fourth-order valence-electron chi connectivity index (χ4n) is 1.01. The SMILES string of the molecule is CCOC(N)=O.O=C(O)C=CC=Cc1ccccc1. The van der Waals surface area contributed by atoms with Crippen molar-refractivity contribution >= 4 is 18.1 Å². The Labute approximate surface area is 112 Å². The number of rotatable bonds is 4. The smallest absolute Gasteiger partial charge is 0.404 e. The van der Waals surface area contributed by atoms with Crippen molar-refractivity contribution in [2.75, 3.05) is 6.61 Å². The summed E-state index contributed by atoms with van der Waals surface area (Å²) in [6.45, 7) is 2.06. The Bertz CT molecular complexity index is 438. The average Bonchev–Trinajstić information content (AvgIpc) is 2.36. The van der Waals surface area contributed by atoms with E-state index in [-0.39, 0.29) is 0 Å². The number of carbonyl (C=O) groups is 2. The first kappa shape index (κ1) is 16.4. The Hall–Kier alpha value is -2.56. The van der Waals surface area contributed by atoms with Gasteiger partial charge < -0.3 is 15.6 Å². The Morgan fingerprint density at radius 2 is 1.89 bits per heavy atom. The first-order chi connectivity index (χ1) is 9.06. The highest BCUT2D eigenvalue weighted by molar-refractivity contribution is 5.80. The molecular weight excluding hydrogens is 246 g/mol. The van der Waals surface area contributed by atoms with Gasteiger partial charge in [-0.3, -0.25) is 0 Å². The lowest BCUT2D eigenvalue weighted by atomic mass is 10.2. The van der Waals surface area contributed by atoms with Gasteiger partial charge in [0.1, 0.15) is 0 Å². The van der Waals surface area contributed by atoms with E-state index in [1.54, 1.807) is 13.0 Å². The van der Waals surface area contributed by atoms with Crippen LogP contribution in [0, 0.1) is 0 Å². The number of hydrogen-bond acceptors (Lipinski definition) is 3. The Kier molecular flexibility index (Phi) is 9.16. The summed E-state index contributed by atoms with van der Waals surface area (Å²) in [5, 5.41) is 8.29. The van der Waals surface area contributed by atoms with Crippen molar-refractivity contribution in [2.24, 2.45) is 5.73 Å². The number of benzene rings is 1. The molecule has 19 heavy (non-hydrogen) atoms. The summed E-state index contributed by atoms with van der Waals surface area (Å²) in [5.74, 6) is -0.933. The topological polar surface area (TPSA) is 89.6 Å². The van der Waals surface area contributed by atoms with Gasteiger partial charge in [-0.2, -0.15) is 0 Å². The predicted octanol–water partition coefficient (Wildman–Crippen LogP) is 2.44. The van der Waals surface area contributed by atoms with Gasteiger partial charge >= 0.3 is 12.1 Å². The summed E-state index contributed by atoms with van der Waals surface area (Å²) < 4.78 is 4.18. The average molecular weight is 263 g/mol. The van der Waals surface area contributed by atoms with E-state index < -0.39 is 12.1 Å². The van der Waals surface area contributed by atoms with E-state index in [9.17, 15) is 9.59 Å². The van der Waals surface area contributed by atoms with Crippen molar-refractivity contribution in [3.63, 3.8) is 0 Å². The Morgan fingerprint density at radius 3 is 2.32 bits per heavy atom. The molecule has 1 rings (SSSR count). The maximum absolute atomic E-state index is 10.1. The predicted molar refractivity (Wildman–Crippen MR) is 73.5 cm³/mol. The summed E-state index contributed by atoms with van der Waals surface area (Å²) in [6, 6.07) is 9.70. The van der Waals surface area contributed by atoms with Crippen LogP contribution in [0.4, 0.5) is 4.79 Å². The third-order valence-electron chi connectivity index (χ3n) is 1.72. The standard InChI is InChI=1S/C11H10O2.C3H7NO2/c12-11(13)9-5-4-8-10-6-2-1-3-7-10;1-2-6-3(4)5/h1-9H,(H,12,13);2H2,1H3,(H2,4,5). The van der Waals surface area contributed by atoms with Crippen LogP contribution in [-0.2, 0) is 9.53 Å². The highest BCUT2D eigenvalue weighted by atomic mass is 16.5. The number of carbonyl (C=O) groups excluding carboxylic acids is 1. The molecule has 1 aromatic carbocycles. The van der Waals surface area contributed by atoms with Gasteiger partial charge in [-0.05, 0) is 12.5 Å². The molecule has 5 nitrogen and oxygen atoms in total.